The van der Waals surface area contributed by atoms with E-state index in [0.717, 1.165) is 16.3 Å². The molecule has 0 unspecified atom stereocenters. The fourth-order valence-electron chi connectivity index (χ4n) is 3.91. The van der Waals surface area contributed by atoms with Crippen molar-refractivity contribution in [2.75, 3.05) is 5.32 Å². The first-order valence-electron chi connectivity index (χ1n) is 11.2. The molecule has 5 rings (SSSR count). The van der Waals surface area contributed by atoms with E-state index in [0.29, 0.717) is 17.1 Å². The lowest BCUT2D eigenvalue weighted by molar-refractivity contribution is 0.0640. The van der Waals surface area contributed by atoms with Gasteiger partial charge in [-0.15, -0.1) is 0 Å². The molecule has 1 aliphatic heterocycles. The van der Waals surface area contributed by atoms with Crippen LogP contribution in [0.25, 0.3) is 0 Å². The van der Waals surface area contributed by atoms with Crippen LogP contribution in [0.1, 0.15) is 48.2 Å². The van der Waals surface area contributed by atoms with Crippen molar-refractivity contribution in [3.05, 3.63) is 107 Å². The summed E-state index contributed by atoms with van der Waals surface area (Å²) in [4.78, 5) is 52.5. The molecule has 178 valence electrons. The summed E-state index contributed by atoms with van der Waals surface area (Å²) in [7, 11) is 0. The molecule has 2 aromatic carbocycles. The topological polar surface area (TPSA) is 114 Å². The molecule has 9 heteroatoms. The number of carbonyl (C=O) groups is 3. The van der Waals surface area contributed by atoms with Crippen molar-refractivity contribution in [2.45, 2.75) is 20.4 Å². The summed E-state index contributed by atoms with van der Waals surface area (Å²) in [5.74, 6) is -0.844. The highest BCUT2D eigenvalue weighted by atomic mass is 16.5. The van der Waals surface area contributed by atoms with Crippen LogP contribution in [0.3, 0.4) is 0 Å². The summed E-state index contributed by atoms with van der Waals surface area (Å²) in [6, 6.07) is 18.6. The monoisotopic (exact) mass is 479 g/mol. The highest BCUT2D eigenvalue weighted by Crippen LogP contribution is 2.27. The van der Waals surface area contributed by atoms with Gasteiger partial charge in [0.05, 0.1) is 23.4 Å². The number of imide groups is 1. The fraction of sp³-hybridized carbons (Fsp3) is 0.111. The molecule has 3 heterocycles. The van der Waals surface area contributed by atoms with Crippen molar-refractivity contribution >= 4 is 23.4 Å². The molecule has 0 fully saturated rings. The van der Waals surface area contributed by atoms with Gasteiger partial charge in [-0.3, -0.25) is 24.3 Å². The molecule has 2 aromatic heterocycles. The summed E-state index contributed by atoms with van der Waals surface area (Å²) in [6.07, 6.45) is 1.60. The highest BCUT2D eigenvalue weighted by Gasteiger charge is 2.36. The Morgan fingerprint density at radius 2 is 1.67 bits per heavy atom. The first-order chi connectivity index (χ1) is 17.4. The summed E-state index contributed by atoms with van der Waals surface area (Å²) >= 11 is 0. The molecule has 0 saturated carbocycles. The van der Waals surface area contributed by atoms with E-state index in [2.05, 4.69) is 20.3 Å². The van der Waals surface area contributed by atoms with E-state index < -0.39 is 17.7 Å². The predicted molar refractivity (Wildman–Crippen MR) is 131 cm³/mol. The Balaban J connectivity index is 1.31. The fourth-order valence-corrected chi connectivity index (χ4v) is 3.91. The zero-order chi connectivity index (χ0) is 25.2. The van der Waals surface area contributed by atoms with E-state index in [1.165, 1.54) is 18.2 Å². The van der Waals surface area contributed by atoms with E-state index in [-0.39, 0.29) is 29.2 Å². The standard InChI is InChI=1S/C27H21N5O4/c1-16-12-17(2)30-27(29-16)36-21-8-5-7-19(14-21)31-24(33)18-9-10-22-23(13-18)26(35)32(25(22)34)15-20-6-3-4-11-28-20/h3-14H,15H2,1-2H3,(H,31,33). The first-order valence-corrected chi connectivity index (χ1v) is 11.2. The summed E-state index contributed by atoms with van der Waals surface area (Å²) in [5.41, 5.74) is 3.35. The summed E-state index contributed by atoms with van der Waals surface area (Å²) < 4.78 is 5.75. The molecule has 0 spiro atoms. The molecule has 0 radical (unpaired) electrons. The maximum atomic E-state index is 12.9. The van der Waals surface area contributed by atoms with Gasteiger partial charge in [-0.2, -0.15) is 0 Å². The Bertz CT molecular complexity index is 1480. The maximum absolute atomic E-state index is 12.9. The number of fused-ring (bicyclic) bond motifs is 1. The van der Waals surface area contributed by atoms with Crippen LogP contribution in [0.4, 0.5) is 5.69 Å². The Kier molecular flexibility index (Phi) is 5.95. The molecular weight excluding hydrogens is 458 g/mol. The number of aromatic nitrogens is 3. The molecule has 0 atom stereocenters. The number of carbonyl (C=O) groups excluding carboxylic acids is 3. The number of ether oxygens (including phenoxy) is 1. The number of hydrogen-bond donors (Lipinski definition) is 1. The van der Waals surface area contributed by atoms with Crippen LogP contribution >= 0.6 is 0 Å². The predicted octanol–water partition coefficient (Wildman–Crippen LogP) is 4.33. The second-order valence-corrected chi connectivity index (χ2v) is 8.30. The first kappa shape index (κ1) is 22.9. The van der Waals surface area contributed by atoms with Gasteiger partial charge in [0, 0.05) is 34.9 Å². The van der Waals surface area contributed by atoms with Crippen molar-refractivity contribution in [1.82, 2.24) is 19.9 Å². The van der Waals surface area contributed by atoms with Crippen LogP contribution in [0, 0.1) is 13.8 Å². The Morgan fingerprint density at radius 1 is 0.889 bits per heavy atom. The average Bonchev–Trinajstić information content (AvgIpc) is 3.08. The van der Waals surface area contributed by atoms with Gasteiger partial charge in [0.25, 0.3) is 17.7 Å². The molecule has 0 aliphatic carbocycles. The zero-order valence-electron chi connectivity index (χ0n) is 19.6. The molecular formula is C27H21N5O4. The number of hydrogen-bond acceptors (Lipinski definition) is 7. The van der Waals surface area contributed by atoms with Gasteiger partial charge < -0.3 is 10.1 Å². The number of amides is 3. The summed E-state index contributed by atoms with van der Waals surface area (Å²) in [5, 5.41) is 2.80. The average molecular weight is 479 g/mol. The van der Waals surface area contributed by atoms with E-state index in [9.17, 15) is 14.4 Å². The van der Waals surface area contributed by atoms with Crippen LogP contribution in [0.5, 0.6) is 11.8 Å². The smallest absolute Gasteiger partial charge is 0.322 e. The Labute approximate surface area is 206 Å². The van der Waals surface area contributed by atoms with Gasteiger partial charge in [0.1, 0.15) is 5.75 Å². The van der Waals surface area contributed by atoms with Crippen molar-refractivity contribution in [3.63, 3.8) is 0 Å². The van der Waals surface area contributed by atoms with Crippen LogP contribution in [0.2, 0.25) is 0 Å². The van der Waals surface area contributed by atoms with Crippen molar-refractivity contribution in [2.24, 2.45) is 0 Å². The van der Waals surface area contributed by atoms with Gasteiger partial charge in [0.15, 0.2) is 0 Å². The van der Waals surface area contributed by atoms with Crippen LogP contribution in [-0.4, -0.2) is 37.6 Å². The zero-order valence-corrected chi connectivity index (χ0v) is 19.6. The van der Waals surface area contributed by atoms with Crippen LogP contribution in [0.15, 0.2) is 72.9 Å². The molecule has 3 amide bonds. The van der Waals surface area contributed by atoms with Gasteiger partial charge in [-0.25, -0.2) is 9.97 Å². The lowest BCUT2D eigenvalue weighted by Crippen LogP contribution is -2.29. The van der Waals surface area contributed by atoms with Crippen LogP contribution in [-0.2, 0) is 6.54 Å². The SMILES string of the molecule is Cc1cc(C)nc(Oc2cccc(NC(=O)c3ccc4c(c3)C(=O)N(Cc3ccccn3)C4=O)c2)n1. The molecule has 1 N–H and O–H groups in total. The van der Waals surface area contributed by atoms with E-state index in [1.807, 2.05) is 19.9 Å². The lowest BCUT2D eigenvalue weighted by Gasteiger charge is -2.12. The summed E-state index contributed by atoms with van der Waals surface area (Å²) in [6.45, 7) is 3.77. The molecule has 36 heavy (non-hydrogen) atoms. The van der Waals surface area contributed by atoms with Crippen LogP contribution < -0.4 is 10.1 Å². The number of nitrogens with zero attached hydrogens (tertiary/aromatic N) is 4. The minimum Gasteiger partial charge on any atom is -0.424 e. The maximum Gasteiger partial charge on any atom is 0.322 e. The molecule has 4 aromatic rings. The second-order valence-electron chi connectivity index (χ2n) is 8.30. The van der Waals surface area contributed by atoms with Gasteiger partial charge >= 0.3 is 6.01 Å². The number of rotatable bonds is 6. The van der Waals surface area contributed by atoms with E-state index >= 15 is 0 Å². The molecule has 1 aliphatic rings. The third-order valence-corrected chi connectivity index (χ3v) is 5.54. The lowest BCUT2D eigenvalue weighted by atomic mass is 10.1. The van der Waals surface area contributed by atoms with Gasteiger partial charge in [-0.1, -0.05) is 12.1 Å². The largest absolute Gasteiger partial charge is 0.424 e. The Morgan fingerprint density at radius 3 is 2.42 bits per heavy atom. The number of pyridine rings is 1. The quantitative estimate of drug-likeness (QED) is 0.409. The molecule has 9 nitrogen and oxygen atoms in total. The van der Waals surface area contributed by atoms with Crippen molar-refractivity contribution in [1.29, 1.82) is 0 Å². The van der Waals surface area contributed by atoms with Crippen molar-refractivity contribution in [3.8, 4) is 11.8 Å². The minimum atomic E-state index is -0.459. The number of aryl methyl sites for hydroxylation is 2. The molecule has 0 bridgehead atoms. The van der Waals surface area contributed by atoms with Gasteiger partial charge in [0.2, 0.25) is 0 Å². The van der Waals surface area contributed by atoms with E-state index in [1.54, 1.807) is 48.7 Å². The number of benzene rings is 2. The number of anilines is 1. The number of nitrogens with one attached hydrogen (secondary N) is 1. The van der Waals surface area contributed by atoms with Gasteiger partial charge in [-0.05, 0) is 62.4 Å². The molecule has 0 saturated heterocycles. The highest BCUT2D eigenvalue weighted by molar-refractivity contribution is 6.22. The normalized spacial score (nSPS) is 12.4. The minimum absolute atomic E-state index is 0.0612. The Hall–Kier alpha value is -4.92. The third kappa shape index (κ3) is 4.67. The third-order valence-electron chi connectivity index (χ3n) is 5.54. The van der Waals surface area contributed by atoms with Crippen molar-refractivity contribution < 1.29 is 19.1 Å². The van der Waals surface area contributed by atoms with E-state index in [4.69, 9.17) is 4.74 Å². The second kappa shape index (κ2) is 9.38.